The van der Waals surface area contributed by atoms with Gasteiger partial charge in [-0.2, -0.15) is 0 Å². The molecule has 0 aliphatic carbocycles. The number of hydrogen-bond donors (Lipinski definition) is 4. The molecule has 0 bridgehead atoms. The highest BCUT2D eigenvalue weighted by Gasteiger charge is 2.45. The van der Waals surface area contributed by atoms with Gasteiger partial charge in [0.15, 0.2) is 6.23 Å². The van der Waals surface area contributed by atoms with Crippen LogP contribution in [0.15, 0.2) is 23.0 Å². The summed E-state index contributed by atoms with van der Waals surface area (Å²) >= 11 is 0. The van der Waals surface area contributed by atoms with Crippen molar-refractivity contribution in [2.24, 2.45) is 0 Å². The number of pyridine rings is 1. The molecule has 122 valence electrons. The molecular weight excluding hydrogens is 298 g/mol. The van der Waals surface area contributed by atoms with E-state index >= 15 is 0 Å². The molecule has 4 N–H and O–H groups in total. The normalized spacial score (nSPS) is 31.8. The monoisotopic (exact) mass is 315 g/mol. The molecule has 0 aromatic carbocycles. The number of hydrogen-bond acceptors (Lipinski definition) is 8. The maximum Gasteiger partial charge on any atom is 0.309 e. The number of esters is 1. The first-order chi connectivity index (χ1) is 10.4. The van der Waals surface area contributed by atoms with Crippen molar-refractivity contribution in [3.63, 3.8) is 0 Å². The highest BCUT2D eigenvalue weighted by Crippen LogP contribution is 2.30. The first kappa shape index (κ1) is 16.6. The van der Waals surface area contributed by atoms with Crippen LogP contribution in [0.1, 0.15) is 13.2 Å². The molecule has 0 radical (unpaired) electrons. The van der Waals surface area contributed by atoms with Crippen molar-refractivity contribution < 1.29 is 34.7 Å². The van der Waals surface area contributed by atoms with Gasteiger partial charge in [0.1, 0.15) is 24.4 Å². The second-order valence-corrected chi connectivity index (χ2v) is 4.89. The van der Waals surface area contributed by atoms with Gasteiger partial charge < -0.3 is 29.9 Å². The second kappa shape index (κ2) is 6.55. The molecule has 0 spiro atoms. The van der Waals surface area contributed by atoms with Crippen LogP contribution < -0.4 is 10.3 Å². The lowest BCUT2D eigenvalue weighted by atomic mass is 9.98. The molecule has 9 heteroatoms. The van der Waals surface area contributed by atoms with Crippen LogP contribution in [0.25, 0.3) is 0 Å². The summed E-state index contributed by atoms with van der Waals surface area (Å²) < 4.78 is 11.0. The predicted molar refractivity (Wildman–Crippen MR) is 71.0 cm³/mol. The van der Waals surface area contributed by atoms with Gasteiger partial charge in [-0.1, -0.05) is 6.07 Å². The average Bonchev–Trinajstić information content (AvgIpc) is 2.46. The Hall–Kier alpha value is -1.78. The summed E-state index contributed by atoms with van der Waals surface area (Å²) in [4.78, 5) is 23.1. The van der Waals surface area contributed by atoms with Crippen molar-refractivity contribution in [1.82, 2.24) is 4.57 Å². The van der Waals surface area contributed by atoms with Gasteiger partial charge in [-0.15, -0.1) is 0 Å². The fourth-order valence-electron chi connectivity index (χ4n) is 2.26. The number of aliphatic hydroxyl groups excluding tert-OH is 4. The topological polar surface area (TPSA) is 138 Å². The molecule has 1 aromatic rings. The van der Waals surface area contributed by atoms with Crippen molar-refractivity contribution in [2.75, 3.05) is 6.61 Å². The number of carbonyl (C=O) groups excluding carboxylic acids is 1. The summed E-state index contributed by atoms with van der Waals surface area (Å²) in [6.45, 7) is 0.501. The smallest absolute Gasteiger partial charge is 0.309 e. The molecule has 22 heavy (non-hydrogen) atoms. The van der Waals surface area contributed by atoms with Gasteiger partial charge in [0.05, 0.1) is 6.61 Å². The molecule has 9 nitrogen and oxygen atoms in total. The Bertz CT molecular complexity index is 598. The predicted octanol–water partition coefficient (Wildman–Crippen LogP) is -2.25. The van der Waals surface area contributed by atoms with Crippen LogP contribution in [0.5, 0.6) is 5.88 Å². The zero-order valence-electron chi connectivity index (χ0n) is 11.7. The number of aliphatic hydroxyl groups is 4. The van der Waals surface area contributed by atoms with E-state index in [0.29, 0.717) is 0 Å². The molecule has 1 aliphatic heterocycles. The van der Waals surface area contributed by atoms with Gasteiger partial charge >= 0.3 is 5.97 Å². The summed E-state index contributed by atoms with van der Waals surface area (Å²) in [6, 6.07) is 3.81. The third kappa shape index (κ3) is 3.03. The summed E-state index contributed by atoms with van der Waals surface area (Å²) in [5, 5.41) is 38.7. The first-order valence-corrected chi connectivity index (χ1v) is 6.57. The van der Waals surface area contributed by atoms with E-state index in [2.05, 4.69) is 0 Å². The van der Waals surface area contributed by atoms with Crippen LogP contribution >= 0.6 is 0 Å². The second-order valence-electron chi connectivity index (χ2n) is 4.89. The van der Waals surface area contributed by atoms with Crippen LogP contribution in [0, 0.1) is 0 Å². The molecule has 5 atom stereocenters. The molecule has 0 amide bonds. The highest BCUT2D eigenvalue weighted by atomic mass is 16.6. The van der Waals surface area contributed by atoms with Crippen molar-refractivity contribution in [3.05, 3.63) is 28.6 Å². The molecule has 2 rings (SSSR count). The Morgan fingerprint density at radius 3 is 2.55 bits per heavy atom. The third-order valence-corrected chi connectivity index (χ3v) is 3.32. The summed E-state index contributed by atoms with van der Waals surface area (Å²) in [6.07, 6.45) is -7.47. The maximum atomic E-state index is 12.0. The van der Waals surface area contributed by atoms with Gasteiger partial charge in [-0.3, -0.25) is 9.59 Å². The van der Waals surface area contributed by atoms with E-state index in [0.717, 1.165) is 17.6 Å². The third-order valence-electron chi connectivity index (χ3n) is 3.32. The minimum Gasteiger partial charge on any atom is -0.409 e. The lowest BCUT2D eigenvalue weighted by Crippen LogP contribution is -2.57. The minimum atomic E-state index is -1.66. The standard InChI is InChI=1S/C13H17NO8/c1-6(16)21-9-4-2-3-8(17)14(9)13-12(20)11(19)10(18)7(5-15)22-13/h2-4,7,10-13,15,18-20H,5H2,1H3/t7-,10-,11+,12-,13-/m1/s1. The van der Waals surface area contributed by atoms with E-state index in [1.165, 1.54) is 12.1 Å². The molecule has 1 saturated heterocycles. The molecule has 1 aromatic heterocycles. The number of carbonyl (C=O) groups is 1. The fourth-order valence-corrected chi connectivity index (χ4v) is 2.26. The lowest BCUT2D eigenvalue weighted by molar-refractivity contribution is -0.252. The van der Waals surface area contributed by atoms with E-state index < -0.39 is 48.8 Å². The van der Waals surface area contributed by atoms with Gasteiger partial charge in [0.25, 0.3) is 5.56 Å². The van der Waals surface area contributed by atoms with E-state index in [1.54, 1.807) is 0 Å². The minimum absolute atomic E-state index is 0.190. The van der Waals surface area contributed by atoms with Gasteiger partial charge in [0, 0.05) is 13.0 Å². The molecule has 2 heterocycles. The quantitative estimate of drug-likeness (QED) is 0.459. The Kier molecular flexibility index (Phi) is 4.94. The largest absolute Gasteiger partial charge is 0.409 e. The number of nitrogens with zero attached hydrogens (tertiary/aromatic N) is 1. The van der Waals surface area contributed by atoms with Crippen molar-refractivity contribution in [2.45, 2.75) is 37.6 Å². The Morgan fingerprint density at radius 1 is 1.27 bits per heavy atom. The molecule has 1 fully saturated rings. The maximum absolute atomic E-state index is 12.0. The summed E-state index contributed by atoms with van der Waals surface area (Å²) in [5.74, 6) is -0.881. The average molecular weight is 315 g/mol. The SMILES string of the molecule is CC(=O)Oc1cccc(=O)n1[C@@H]1O[C@H](CO)[C@@H](O)[C@H](O)[C@H]1O. The van der Waals surface area contributed by atoms with Crippen molar-refractivity contribution in [3.8, 4) is 5.88 Å². The van der Waals surface area contributed by atoms with Gasteiger partial charge in [0.2, 0.25) is 5.88 Å². The Balaban J connectivity index is 2.45. The number of ether oxygens (including phenoxy) is 2. The van der Waals surface area contributed by atoms with E-state index in [4.69, 9.17) is 14.6 Å². The summed E-state index contributed by atoms with van der Waals surface area (Å²) in [7, 11) is 0. The zero-order chi connectivity index (χ0) is 16.4. The molecule has 0 saturated carbocycles. The van der Waals surface area contributed by atoms with Crippen LogP contribution in [0.3, 0.4) is 0 Å². The van der Waals surface area contributed by atoms with Gasteiger partial charge in [-0.05, 0) is 6.07 Å². The van der Waals surface area contributed by atoms with Crippen LogP contribution in [0.4, 0.5) is 0 Å². The Morgan fingerprint density at radius 2 is 1.95 bits per heavy atom. The van der Waals surface area contributed by atoms with E-state index in [9.17, 15) is 24.9 Å². The van der Waals surface area contributed by atoms with E-state index in [1.807, 2.05) is 0 Å². The molecular formula is C13H17NO8. The first-order valence-electron chi connectivity index (χ1n) is 6.57. The fraction of sp³-hybridized carbons (Fsp3) is 0.538. The summed E-state index contributed by atoms with van der Waals surface area (Å²) in [5.41, 5.74) is -0.650. The molecule has 1 aliphatic rings. The van der Waals surface area contributed by atoms with Crippen LogP contribution in [-0.2, 0) is 9.53 Å². The lowest BCUT2D eigenvalue weighted by Gasteiger charge is -2.40. The number of aromatic nitrogens is 1. The van der Waals surface area contributed by atoms with Crippen molar-refractivity contribution in [1.29, 1.82) is 0 Å². The Labute approximate surface area is 125 Å². The van der Waals surface area contributed by atoms with Gasteiger partial charge in [-0.25, -0.2) is 4.57 Å². The van der Waals surface area contributed by atoms with Crippen molar-refractivity contribution >= 4 is 5.97 Å². The zero-order valence-corrected chi connectivity index (χ0v) is 11.7. The van der Waals surface area contributed by atoms with Crippen LogP contribution in [0.2, 0.25) is 0 Å². The number of rotatable bonds is 3. The van der Waals surface area contributed by atoms with E-state index in [-0.39, 0.29) is 5.88 Å². The highest BCUT2D eigenvalue weighted by molar-refractivity contribution is 5.68. The molecule has 0 unspecified atom stereocenters. The van der Waals surface area contributed by atoms with Crippen LogP contribution in [-0.4, -0.2) is 62.0 Å².